The quantitative estimate of drug-likeness (QED) is 0.762. The fourth-order valence-corrected chi connectivity index (χ4v) is 1.85. The van der Waals surface area contributed by atoms with E-state index in [2.05, 4.69) is 5.32 Å². The van der Waals surface area contributed by atoms with Gasteiger partial charge < -0.3 is 20.5 Å². The summed E-state index contributed by atoms with van der Waals surface area (Å²) < 4.78 is 10.7. The summed E-state index contributed by atoms with van der Waals surface area (Å²) in [5.41, 5.74) is 6.63. The topological polar surface area (TPSA) is 73.6 Å². The van der Waals surface area contributed by atoms with Crippen LogP contribution in [0.1, 0.15) is 18.4 Å². The zero-order chi connectivity index (χ0) is 14.4. The van der Waals surface area contributed by atoms with Gasteiger partial charge in [-0.1, -0.05) is 18.2 Å². The standard InChI is InChI=1S/C15H22N2O3.ClH/c1-19-10-13(16)15(18)17-8-12-4-2-3-5-14(12)20-9-11-6-7-11;/h2-5,11,13H,6-10,16H2,1H3,(H,17,18);1H. The van der Waals surface area contributed by atoms with Crippen LogP contribution in [0.15, 0.2) is 24.3 Å². The van der Waals surface area contributed by atoms with Crippen LogP contribution in [0.25, 0.3) is 0 Å². The first kappa shape index (κ1) is 17.8. The van der Waals surface area contributed by atoms with Crippen molar-refractivity contribution < 1.29 is 14.3 Å². The number of nitrogens with two attached hydrogens (primary N) is 1. The van der Waals surface area contributed by atoms with Crippen molar-refractivity contribution in [2.24, 2.45) is 11.7 Å². The van der Waals surface area contributed by atoms with Crippen molar-refractivity contribution in [1.82, 2.24) is 5.32 Å². The van der Waals surface area contributed by atoms with Gasteiger partial charge in [0.15, 0.2) is 0 Å². The van der Waals surface area contributed by atoms with E-state index >= 15 is 0 Å². The third-order valence-corrected chi connectivity index (χ3v) is 3.28. The van der Waals surface area contributed by atoms with E-state index in [1.165, 1.54) is 20.0 Å². The van der Waals surface area contributed by atoms with Gasteiger partial charge in [-0.15, -0.1) is 12.4 Å². The number of hydrogen-bond acceptors (Lipinski definition) is 4. The molecule has 0 aromatic heterocycles. The normalized spacial score (nSPS) is 15.0. The minimum atomic E-state index is -0.639. The average Bonchev–Trinajstić information content (AvgIpc) is 3.27. The summed E-state index contributed by atoms with van der Waals surface area (Å²) in [6.45, 7) is 1.39. The van der Waals surface area contributed by atoms with Gasteiger partial charge in [0.25, 0.3) is 0 Å². The summed E-state index contributed by atoms with van der Waals surface area (Å²) in [7, 11) is 1.52. The van der Waals surface area contributed by atoms with E-state index in [0.717, 1.165) is 17.9 Å². The molecule has 1 unspecified atom stereocenters. The summed E-state index contributed by atoms with van der Waals surface area (Å²) in [6.07, 6.45) is 2.51. The van der Waals surface area contributed by atoms with Crippen molar-refractivity contribution in [3.63, 3.8) is 0 Å². The molecule has 1 saturated carbocycles. The van der Waals surface area contributed by atoms with Gasteiger partial charge in [-0.05, 0) is 24.8 Å². The molecule has 5 nitrogen and oxygen atoms in total. The van der Waals surface area contributed by atoms with Gasteiger partial charge in [0.1, 0.15) is 11.8 Å². The second kappa shape index (κ2) is 8.87. The maximum Gasteiger partial charge on any atom is 0.239 e. The Kier molecular flexibility index (Phi) is 7.50. The zero-order valence-electron chi connectivity index (χ0n) is 12.2. The molecule has 0 saturated heterocycles. The van der Waals surface area contributed by atoms with Crippen molar-refractivity contribution in [2.75, 3.05) is 20.3 Å². The molecule has 0 spiro atoms. The first-order chi connectivity index (χ1) is 9.70. The monoisotopic (exact) mass is 314 g/mol. The second-order valence-electron chi connectivity index (χ2n) is 5.14. The van der Waals surface area contributed by atoms with Crippen LogP contribution < -0.4 is 15.8 Å². The van der Waals surface area contributed by atoms with Crippen LogP contribution in [0.2, 0.25) is 0 Å². The number of para-hydroxylation sites is 1. The lowest BCUT2D eigenvalue weighted by molar-refractivity contribution is -0.123. The number of nitrogens with one attached hydrogen (secondary N) is 1. The van der Waals surface area contributed by atoms with E-state index in [-0.39, 0.29) is 24.9 Å². The molecule has 1 aromatic carbocycles. The zero-order valence-corrected chi connectivity index (χ0v) is 13.0. The van der Waals surface area contributed by atoms with E-state index in [1.54, 1.807) is 0 Å². The number of benzene rings is 1. The maximum atomic E-state index is 11.7. The van der Waals surface area contributed by atoms with E-state index < -0.39 is 6.04 Å². The third-order valence-electron chi connectivity index (χ3n) is 3.28. The number of methoxy groups -OCH3 is 1. The largest absolute Gasteiger partial charge is 0.493 e. The highest BCUT2D eigenvalue weighted by atomic mass is 35.5. The fraction of sp³-hybridized carbons (Fsp3) is 0.533. The number of ether oxygens (including phenoxy) is 2. The highest BCUT2D eigenvalue weighted by Gasteiger charge is 2.22. The second-order valence-corrected chi connectivity index (χ2v) is 5.14. The Morgan fingerprint density at radius 2 is 2.14 bits per heavy atom. The lowest BCUT2D eigenvalue weighted by atomic mass is 10.2. The van der Waals surface area contributed by atoms with Gasteiger partial charge in [-0.3, -0.25) is 4.79 Å². The van der Waals surface area contributed by atoms with Gasteiger partial charge in [0.2, 0.25) is 5.91 Å². The summed E-state index contributed by atoms with van der Waals surface area (Å²) in [5.74, 6) is 1.32. The smallest absolute Gasteiger partial charge is 0.239 e. The number of hydrogen-bond donors (Lipinski definition) is 2. The lowest BCUT2D eigenvalue weighted by Crippen LogP contribution is -2.43. The Morgan fingerprint density at radius 1 is 1.43 bits per heavy atom. The van der Waals surface area contributed by atoms with Crippen LogP contribution in [-0.4, -0.2) is 32.3 Å². The lowest BCUT2D eigenvalue weighted by Gasteiger charge is -2.14. The van der Waals surface area contributed by atoms with Gasteiger partial charge in [-0.25, -0.2) is 0 Å². The molecular weight excluding hydrogens is 292 g/mol. The summed E-state index contributed by atoms with van der Waals surface area (Å²) in [6, 6.07) is 7.10. The molecule has 1 aliphatic carbocycles. The molecule has 0 heterocycles. The Labute approximate surface area is 131 Å². The molecule has 118 valence electrons. The number of amides is 1. The Hall–Kier alpha value is -1.30. The highest BCUT2D eigenvalue weighted by Crippen LogP contribution is 2.30. The molecule has 6 heteroatoms. The number of rotatable bonds is 8. The minimum absolute atomic E-state index is 0. The summed E-state index contributed by atoms with van der Waals surface area (Å²) in [4.78, 5) is 11.7. The van der Waals surface area contributed by atoms with Gasteiger partial charge in [-0.2, -0.15) is 0 Å². The van der Waals surface area contributed by atoms with Crippen LogP contribution in [0.4, 0.5) is 0 Å². The van der Waals surface area contributed by atoms with Gasteiger partial charge in [0, 0.05) is 19.2 Å². The van der Waals surface area contributed by atoms with Crippen molar-refractivity contribution in [3.05, 3.63) is 29.8 Å². The minimum Gasteiger partial charge on any atom is -0.493 e. The van der Waals surface area contributed by atoms with Crippen molar-refractivity contribution in [1.29, 1.82) is 0 Å². The van der Waals surface area contributed by atoms with E-state index in [9.17, 15) is 4.79 Å². The Morgan fingerprint density at radius 3 is 2.81 bits per heavy atom. The molecule has 2 rings (SSSR count). The Balaban J connectivity index is 0.00000220. The van der Waals surface area contributed by atoms with Crippen molar-refractivity contribution in [3.8, 4) is 5.75 Å². The molecule has 3 N–H and O–H groups in total. The fourth-order valence-electron chi connectivity index (χ4n) is 1.85. The molecule has 0 bridgehead atoms. The molecule has 1 atom stereocenters. The number of carbonyl (C=O) groups excluding carboxylic acids is 1. The molecule has 21 heavy (non-hydrogen) atoms. The molecule has 0 aliphatic heterocycles. The molecule has 1 fully saturated rings. The Bertz CT molecular complexity index is 452. The van der Waals surface area contributed by atoms with Crippen LogP contribution in [0, 0.1) is 5.92 Å². The first-order valence-electron chi connectivity index (χ1n) is 6.93. The van der Waals surface area contributed by atoms with Crippen molar-refractivity contribution in [2.45, 2.75) is 25.4 Å². The molecule has 0 radical (unpaired) electrons. The summed E-state index contributed by atoms with van der Waals surface area (Å²) in [5, 5.41) is 2.80. The molecule has 1 aliphatic rings. The average molecular weight is 315 g/mol. The summed E-state index contributed by atoms with van der Waals surface area (Å²) >= 11 is 0. The third kappa shape index (κ3) is 5.91. The number of carbonyl (C=O) groups is 1. The van der Waals surface area contributed by atoms with Crippen LogP contribution in [0.5, 0.6) is 5.75 Å². The van der Waals surface area contributed by atoms with Gasteiger partial charge >= 0.3 is 0 Å². The van der Waals surface area contributed by atoms with E-state index in [4.69, 9.17) is 15.2 Å². The van der Waals surface area contributed by atoms with Crippen LogP contribution in [-0.2, 0) is 16.1 Å². The van der Waals surface area contributed by atoms with Crippen LogP contribution in [0.3, 0.4) is 0 Å². The SMILES string of the molecule is COCC(N)C(=O)NCc1ccccc1OCC1CC1.Cl. The van der Waals surface area contributed by atoms with E-state index in [0.29, 0.717) is 12.5 Å². The van der Waals surface area contributed by atoms with E-state index in [1.807, 2.05) is 24.3 Å². The molecule has 1 aromatic rings. The predicted octanol–water partition coefficient (Wildman–Crippen LogP) is 1.49. The first-order valence-corrected chi connectivity index (χ1v) is 6.93. The highest BCUT2D eigenvalue weighted by molar-refractivity contribution is 5.85. The molecular formula is C15H23ClN2O3. The maximum absolute atomic E-state index is 11.7. The predicted molar refractivity (Wildman–Crippen MR) is 83.6 cm³/mol. The number of halogens is 1. The van der Waals surface area contributed by atoms with Crippen molar-refractivity contribution >= 4 is 18.3 Å². The molecule has 1 amide bonds. The van der Waals surface area contributed by atoms with Crippen LogP contribution >= 0.6 is 12.4 Å². The van der Waals surface area contributed by atoms with Gasteiger partial charge in [0.05, 0.1) is 13.2 Å².